The molecule has 98 valence electrons. The number of carbonyl (C=O) groups excluding carboxylic acids is 1. The van der Waals surface area contributed by atoms with Crippen molar-refractivity contribution in [2.24, 2.45) is 0 Å². The first kappa shape index (κ1) is 13.1. The number of phenolic OH excluding ortho intramolecular Hbond substituents is 1. The van der Waals surface area contributed by atoms with Gasteiger partial charge in [0.05, 0.1) is 5.56 Å². The quantitative estimate of drug-likeness (QED) is 0.812. The van der Waals surface area contributed by atoms with Crippen LogP contribution in [0.25, 0.3) is 0 Å². The number of aromatic nitrogens is 1. The van der Waals surface area contributed by atoms with Crippen molar-refractivity contribution in [3.8, 4) is 5.75 Å². The molecule has 1 amide bonds. The Balaban J connectivity index is 2.27. The molecule has 1 heterocycles. The molecular weight excluding hydrogens is 240 g/mol. The fourth-order valence-corrected chi connectivity index (χ4v) is 1.81. The molecule has 4 nitrogen and oxygen atoms in total. The second-order valence-corrected chi connectivity index (χ2v) is 4.66. The number of aromatic hydroxyl groups is 1. The van der Waals surface area contributed by atoms with E-state index in [4.69, 9.17) is 0 Å². The van der Waals surface area contributed by atoms with Crippen LogP contribution in [-0.2, 0) is 0 Å². The van der Waals surface area contributed by atoms with Gasteiger partial charge in [-0.15, -0.1) is 0 Å². The Labute approximate surface area is 112 Å². The van der Waals surface area contributed by atoms with Crippen LogP contribution in [0.4, 0.5) is 5.69 Å². The topological polar surface area (TPSA) is 62.2 Å². The SMILES string of the molecule is Cc1cncc(C(=O)Nc2cc(C)c(O)cc2C)c1. The second kappa shape index (κ2) is 5.10. The predicted octanol–water partition coefficient (Wildman–Crippen LogP) is 2.96. The minimum Gasteiger partial charge on any atom is -0.508 e. The van der Waals surface area contributed by atoms with Crippen LogP contribution < -0.4 is 5.32 Å². The van der Waals surface area contributed by atoms with Gasteiger partial charge >= 0.3 is 0 Å². The minimum atomic E-state index is -0.204. The zero-order valence-corrected chi connectivity index (χ0v) is 11.2. The predicted molar refractivity (Wildman–Crippen MR) is 74.5 cm³/mol. The van der Waals surface area contributed by atoms with Gasteiger partial charge in [0.25, 0.3) is 5.91 Å². The molecule has 0 aliphatic carbocycles. The third kappa shape index (κ3) is 2.91. The lowest BCUT2D eigenvalue weighted by Gasteiger charge is -2.10. The number of amides is 1. The van der Waals surface area contributed by atoms with Gasteiger partial charge in [0.2, 0.25) is 0 Å². The van der Waals surface area contributed by atoms with Crippen molar-refractivity contribution in [2.75, 3.05) is 5.32 Å². The van der Waals surface area contributed by atoms with E-state index in [9.17, 15) is 9.90 Å². The highest BCUT2D eigenvalue weighted by molar-refractivity contribution is 6.04. The average Bonchev–Trinajstić information content (AvgIpc) is 2.36. The van der Waals surface area contributed by atoms with E-state index in [1.54, 1.807) is 31.3 Å². The third-order valence-corrected chi connectivity index (χ3v) is 2.93. The summed E-state index contributed by atoms with van der Waals surface area (Å²) < 4.78 is 0. The Bertz CT molecular complexity index is 636. The third-order valence-electron chi connectivity index (χ3n) is 2.93. The van der Waals surface area contributed by atoms with Crippen molar-refractivity contribution in [2.45, 2.75) is 20.8 Å². The van der Waals surface area contributed by atoms with Crippen molar-refractivity contribution >= 4 is 11.6 Å². The van der Waals surface area contributed by atoms with Gasteiger partial charge in [0.1, 0.15) is 5.75 Å². The van der Waals surface area contributed by atoms with Crippen LogP contribution in [-0.4, -0.2) is 16.0 Å². The van der Waals surface area contributed by atoms with Crippen LogP contribution in [0.15, 0.2) is 30.6 Å². The summed E-state index contributed by atoms with van der Waals surface area (Å²) in [6, 6.07) is 5.18. The Morgan fingerprint density at radius 1 is 1.11 bits per heavy atom. The van der Waals surface area contributed by atoms with Crippen LogP contribution in [0.2, 0.25) is 0 Å². The highest BCUT2D eigenvalue weighted by Gasteiger charge is 2.10. The van der Waals surface area contributed by atoms with E-state index in [2.05, 4.69) is 10.3 Å². The number of anilines is 1. The van der Waals surface area contributed by atoms with E-state index >= 15 is 0 Å². The Morgan fingerprint density at radius 2 is 1.84 bits per heavy atom. The molecule has 2 rings (SSSR count). The number of benzene rings is 1. The second-order valence-electron chi connectivity index (χ2n) is 4.66. The van der Waals surface area contributed by atoms with Crippen molar-refractivity contribution in [1.29, 1.82) is 0 Å². The molecule has 2 N–H and O–H groups in total. The molecule has 0 unspecified atom stereocenters. The molecule has 0 atom stereocenters. The fraction of sp³-hybridized carbons (Fsp3) is 0.200. The molecule has 0 saturated carbocycles. The average molecular weight is 256 g/mol. The number of hydrogen-bond acceptors (Lipinski definition) is 3. The molecule has 2 aromatic rings. The van der Waals surface area contributed by atoms with Gasteiger partial charge in [-0.1, -0.05) is 0 Å². The standard InChI is InChI=1S/C15H16N2O2/c1-9-4-12(8-16-7-9)15(19)17-13-5-11(3)14(18)6-10(13)2/h4-8,18H,1-3H3,(H,17,19). The summed E-state index contributed by atoms with van der Waals surface area (Å²) in [6.07, 6.45) is 3.23. The lowest BCUT2D eigenvalue weighted by atomic mass is 10.1. The number of pyridine rings is 1. The largest absolute Gasteiger partial charge is 0.508 e. The van der Waals surface area contributed by atoms with Crippen LogP contribution in [0, 0.1) is 20.8 Å². The number of hydrogen-bond donors (Lipinski definition) is 2. The maximum Gasteiger partial charge on any atom is 0.257 e. The first-order chi connectivity index (χ1) is 8.97. The van der Waals surface area contributed by atoms with Crippen molar-refractivity contribution in [1.82, 2.24) is 4.98 Å². The number of nitrogens with zero attached hydrogens (tertiary/aromatic N) is 1. The normalized spacial score (nSPS) is 10.3. The maximum atomic E-state index is 12.1. The summed E-state index contributed by atoms with van der Waals surface area (Å²) in [6.45, 7) is 5.52. The Kier molecular flexibility index (Phi) is 3.51. The van der Waals surface area contributed by atoms with Gasteiger partial charge in [-0.05, 0) is 55.7 Å². The van der Waals surface area contributed by atoms with Gasteiger partial charge in [0.15, 0.2) is 0 Å². The summed E-state index contributed by atoms with van der Waals surface area (Å²) in [5.74, 6) is 0.0251. The molecular formula is C15H16N2O2. The monoisotopic (exact) mass is 256 g/mol. The Morgan fingerprint density at radius 3 is 2.53 bits per heavy atom. The van der Waals surface area contributed by atoms with Crippen LogP contribution in [0.5, 0.6) is 5.75 Å². The molecule has 19 heavy (non-hydrogen) atoms. The number of rotatable bonds is 2. The van der Waals surface area contributed by atoms with Crippen molar-refractivity contribution < 1.29 is 9.90 Å². The van der Waals surface area contributed by atoms with Gasteiger partial charge in [0, 0.05) is 18.1 Å². The lowest BCUT2D eigenvalue weighted by molar-refractivity contribution is 0.102. The minimum absolute atomic E-state index is 0.204. The molecule has 1 aromatic carbocycles. The molecule has 1 aromatic heterocycles. The van der Waals surface area contributed by atoms with Gasteiger partial charge in [-0.25, -0.2) is 0 Å². The maximum absolute atomic E-state index is 12.1. The van der Waals surface area contributed by atoms with E-state index in [0.717, 1.165) is 16.7 Å². The number of carbonyl (C=O) groups is 1. The number of nitrogens with one attached hydrogen (secondary N) is 1. The number of aryl methyl sites for hydroxylation is 3. The highest BCUT2D eigenvalue weighted by atomic mass is 16.3. The zero-order valence-electron chi connectivity index (χ0n) is 11.2. The zero-order chi connectivity index (χ0) is 14.0. The molecule has 0 aliphatic heterocycles. The summed E-state index contributed by atoms with van der Waals surface area (Å²) in [5.41, 5.74) is 3.69. The van der Waals surface area contributed by atoms with Gasteiger partial charge in [-0.2, -0.15) is 0 Å². The summed E-state index contributed by atoms with van der Waals surface area (Å²) in [7, 11) is 0. The summed E-state index contributed by atoms with van der Waals surface area (Å²) in [5, 5.41) is 12.4. The summed E-state index contributed by atoms with van der Waals surface area (Å²) >= 11 is 0. The number of phenols is 1. The van der Waals surface area contributed by atoms with Gasteiger partial charge < -0.3 is 10.4 Å². The van der Waals surface area contributed by atoms with Crippen molar-refractivity contribution in [3.63, 3.8) is 0 Å². The lowest BCUT2D eigenvalue weighted by Crippen LogP contribution is -2.13. The molecule has 0 radical (unpaired) electrons. The fourth-order valence-electron chi connectivity index (χ4n) is 1.81. The van der Waals surface area contributed by atoms with E-state index in [1.165, 1.54) is 6.20 Å². The van der Waals surface area contributed by atoms with Gasteiger partial charge in [-0.3, -0.25) is 9.78 Å². The molecule has 0 spiro atoms. The molecule has 0 bridgehead atoms. The Hall–Kier alpha value is -2.36. The highest BCUT2D eigenvalue weighted by Crippen LogP contribution is 2.25. The van der Waals surface area contributed by atoms with E-state index in [1.807, 2.05) is 13.8 Å². The smallest absolute Gasteiger partial charge is 0.257 e. The summed E-state index contributed by atoms with van der Waals surface area (Å²) in [4.78, 5) is 16.1. The van der Waals surface area contributed by atoms with E-state index in [0.29, 0.717) is 11.3 Å². The molecule has 0 fully saturated rings. The molecule has 0 aliphatic rings. The molecule has 0 saturated heterocycles. The van der Waals surface area contributed by atoms with Crippen molar-refractivity contribution in [3.05, 3.63) is 52.8 Å². The molecule has 4 heteroatoms. The van der Waals surface area contributed by atoms with Crippen LogP contribution >= 0.6 is 0 Å². The van der Waals surface area contributed by atoms with E-state index < -0.39 is 0 Å². The van der Waals surface area contributed by atoms with Crippen LogP contribution in [0.1, 0.15) is 27.0 Å². The van der Waals surface area contributed by atoms with E-state index in [-0.39, 0.29) is 11.7 Å². The first-order valence-electron chi connectivity index (χ1n) is 6.00. The first-order valence-corrected chi connectivity index (χ1v) is 6.00. The van der Waals surface area contributed by atoms with Crippen LogP contribution in [0.3, 0.4) is 0 Å².